The van der Waals surface area contributed by atoms with E-state index in [1.807, 2.05) is 18.4 Å². The van der Waals surface area contributed by atoms with E-state index in [9.17, 15) is 14.7 Å². The number of rotatable bonds is 5. The van der Waals surface area contributed by atoms with Gasteiger partial charge in [0.1, 0.15) is 11.8 Å². The summed E-state index contributed by atoms with van der Waals surface area (Å²) in [6.07, 6.45) is 1.38. The monoisotopic (exact) mass is 395 g/mol. The molecule has 2 aromatic heterocycles. The first-order chi connectivity index (χ1) is 13.5. The summed E-state index contributed by atoms with van der Waals surface area (Å²) >= 11 is 1.42. The lowest BCUT2D eigenvalue weighted by atomic mass is 9.98. The van der Waals surface area contributed by atoms with Crippen LogP contribution in [0.2, 0.25) is 0 Å². The summed E-state index contributed by atoms with van der Waals surface area (Å²) in [5.41, 5.74) is 1.46. The highest BCUT2D eigenvalue weighted by molar-refractivity contribution is 7.10. The molecular weight excluding hydrogens is 378 g/mol. The minimum atomic E-state index is -0.753. The topological polar surface area (TPSA) is 80.0 Å². The number of hydrogen-bond donors (Lipinski definition) is 1. The van der Waals surface area contributed by atoms with Gasteiger partial charge in [0.25, 0.3) is 5.91 Å². The van der Waals surface area contributed by atoms with Crippen LogP contribution in [-0.2, 0) is 4.79 Å². The van der Waals surface area contributed by atoms with Gasteiger partial charge in [0.2, 0.25) is 5.78 Å². The van der Waals surface area contributed by atoms with Gasteiger partial charge in [0.15, 0.2) is 11.5 Å². The van der Waals surface area contributed by atoms with Gasteiger partial charge < -0.3 is 14.3 Å². The minimum absolute atomic E-state index is 0.00770. The number of carbonyl (C=O) groups is 2. The maximum Gasteiger partial charge on any atom is 0.294 e. The maximum atomic E-state index is 13.1. The molecule has 0 spiro atoms. The molecule has 0 fully saturated rings. The number of furan rings is 1. The van der Waals surface area contributed by atoms with Gasteiger partial charge in [-0.2, -0.15) is 0 Å². The molecule has 1 aromatic carbocycles. The Balaban J connectivity index is 1.89. The second-order valence-corrected chi connectivity index (χ2v) is 7.26. The van der Waals surface area contributed by atoms with Crippen molar-refractivity contribution in [1.82, 2.24) is 0 Å². The van der Waals surface area contributed by atoms with E-state index in [4.69, 9.17) is 9.15 Å². The van der Waals surface area contributed by atoms with Gasteiger partial charge in [0, 0.05) is 16.6 Å². The minimum Gasteiger partial charge on any atom is -0.503 e. The van der Waals surface area contributed by atoms with Crippen LogP contribution in [-0.4, -0.2) is 23.9 Å². The Hall–Kier alpha value is -3.32. The van der Waals surface area contributed by atoms with Crippen molar-refractivity contribution in [2.24, 2.45) is 0 Å². The lowest BCUT2D eigenvalue weighted by Crippen LogP contribution is -2.30. The van der Waals surface area contributed by atoms with E-state index in [0.29, 0.717) is 11.4 Å². The molecule has 0 radical (unpaired) electrons. The van der Waals surface area contributed by atoms with Gasteiger partial charge >= 0.3 is 0 Å². The number of benzene rings is 1. The molecule has 0 saturated carbocycles. The number of nitrogens with zero attached hydrogens (tertiary/aromatic N) is 1. The number of hydrogen-bond acceptors (Lipinski definition) is 6. The van der Waals surface area contributed by atoms with Crippen LogP contribution in [0, 0.1) is 6.92 Å². The van der Waals surface area contributed by atoms with Crippen molar-refractivity contribution in [1.29, 1.82) is 0 Å². The normalized spacial score (nSPS) is 16.7. The van der Waals surface area contributed by atoms with Crippen molar-refractivity contribution < 1.29 is 23.8 Å². The number of amides is 1. The number of Topliss-reactive ketones (excluding diaryl/α,β-unsaturated/α-hetero) is 1. The molecule has 3 aromatic rings. The highest BCUT2D eigenvalue weighted by Crippen LogP contribution is 2.45. The fourth-order valence-corrected chi connectivity index (χ4v) is 4.34. The summed E-state index contributed by atoms with van der Waals surface area (Å²) in [7, 11) is 1.54. The van der Waals surface area contributed by atoms with E-state index in [1.54, 1.807) is 30.3 Å². The molecule has 0 aliphatic carbocycles. The number of carbonyl (C=O) groups excluding carboxylic acids is 2. The molecule has 1 unspecified atom stereocenters. The summed E-state index contributed by atoms with van der Waals surface area (Å²) in [5.74, 6) is -1.08. The van der Waals surface area contributed by atoms with Gasteiger partial charge in [-0.05, 0) is 48.2 Å². The zero-order valence-corrected chi connectivity index (χ0v) is 16.0. The van der Waals surface area contributed by atoms with E-state index >= 15 is 0 Å². The molecule has 1 N–H and O–H groups in total. The summed E-state index contributed by atoms with van der Waals surface area (Å²) in [5, 5.41) is 12.5. The van der Waals surface area contributed by atoms with Gasteiger partial charge in [-0.3, -0.25) is 14.5 Å². The standard InChI is InChI=1S/C21H17NO5S/c1-12-8-10-28-20(12)17-16(18(23)15-7-4-9-27-15)19(24)21(25)22(17)13-5-3-6-14(11-13)26-2/h3-11,17,24H,1-2H3. The molecule has 0 saturated heterocycles. The maximum absolute atomic E-state index is 13.1. The number of ether oxygens (including phenoxy) is 1. The number of ketones is 1. The highest BCUT2D eigenvalue weighted by Gasteiger charge is 2.46. The Bertz CT molecular complexity index is 1080. The lowest BCUT2D eigenvalue weighted by molar-refractivity contribution is -0.117. The van der Waals surface area contributed by atoms with Crippen molar-refractivity contribution in [3.05, 3.63) is 81.6 Å². The molecule has 142 valence electrons. The van der Waals surface area contributed by atoms with E-state index in [1.165, 1.54) is 35.7 Å². The van der Waals surface area contributed by atoms with Crippen LogP contribution in [0.5, 0.6) is 5.75 Å². The fraction of sp³-hybridized carbons (Fsp3) is 0.143. The predicted octanol–water partition coefficient (Wildman–Crippen LogP) is 4.44. The lowest BCUT2D eigenvalue weighted by Gasteiger charge is -2.26. The van der Waals surface area contributed by atoms with Crippen molar-refractivity contribution in [2.75, 3.05) is 12.0 Å². The van der Waals surface area contributed by atoms with Crippen LogP contribution < -0.4 is 9.64 Å². The first-order valence-corrected chi connectivity index (χ1v) is 9.44. The molecule has 3 heterocycles. The van der Waals surface area contributed by atoms with E-state index < -0.39 is 23.5 Å². The second-order valence-electron chi connectivity index (χ2n) is 6.32. The number of anilines is 1. The van der Waals surface area contributed by atoms with Crippen LogP contribution in [0.15, 0.2) is 69.9 Å². The van der Waals surface area contributed by atoms with Gasteiger partial charge in [0.05, 0.1) is 18.9 Å². The largest absolute Gasteiger partial charge is 0.503 e. The number of aliphatic hydroxyl groups excluding tert-OH is 1. The van der Waals surface area contributed by atoms with Gasteiger partial charge in [-0.1, -0.05) is 6.07 Å². The van der Waals surface area contributed by atoms with E-state index in [0.717, 1.165) is 10.4 Å². The Labute approximate surface area is 165 Å². The molecular formula is C21H17NO5S. The van der Waals surface area contributed by atoms with Crippen molar-refractivity contribution in [3.8, 4) is 5.75 Å². The Morgan fingerprint density at radius 1 is 1.25 bits per heavy atom. The highest BCUT2D eigenvalue weighted by atomic mass is 32.1. The molecule has 0 bridgehead atoms. The summed E-state index contributed by atoms with van der Waals surface area (Å²) in [4.78, 5) is 28.3. The smallest absolute Gasteiger partial charge is 0.294 e. The summed E-state index contributed by atoms with van der Waals surface area (Å²) < 4.78 is 10.5. The first-order valence-electron chi connectivity index (χ1n) is 8.56. The fourth-order valence-electron chi connectivity index (χ4n) is 3.32. The average Bonchev–Trinajstić information content (AvgIpc) is 3.43. The molecule has 1 amide bonds. The molecule has 4 rings (SSSR count). The van der Waals surface area contributed by atoms with Gasteiger partial charge in [-0.25, -0.2) is 0 Å². The SMILES string of the molecule is COc1cccc(N2C(=O)C(O)=C(C(=O)c3ccco3)C2c2sccc2C)c1. The second kappa shape index (κ2) is 7.01. The first kappa shape index (κ1) is 18.1. The summed E-state index contributed by atoms with van der Waals surface area (Å²) in [6.45, 7) is 1.91. The number of thiophene rings is 1. The molecule has 1 aliphatic heterocycles. The van der Waals surface area contributed by atoms with Crippen LogP contribution >= 0.6 is 11.3 Å². The van der Waals surface area contributed by atoms with Crippen LogP contribution in [0.3, 0.4) is 0 Å². The van der Waals surface area contributed by atoms with Gasteiger partial charge in [-0.15, -0.1) is 11.3 Å². The predicted molar refractivity (Wildman–Crippen MR) is 105 cm³/mol. The van der Waals surface area contributed by atoms with Crippen molar-refractivity contribution in [3.63, 3.8) is 0 Å². The molecule has 1 atom stereocenters. The van der Waals surface area contributed by atoms with Crippen molar-refractivity contribution >= 4 is 28.7 Å². The van der Waals surface area contributed by atoms with Crippen molar-refractivity contribution in [2.45, 2.75) is 13.0 Å². The third-order valence-corrected chi connectivity index (χ3v) is 5.75. The van der Waals surface area contributed by atoms with E-state index in [2.05, 4.69) is 0 Å². The molecule has 7 heteroatoms. The number of aryl methyl sites for hydroxylation is 1. The van der Waals surface area contributed by atoms with Crippen LogP contribution in [0.1, 0.15) is 27.0 Å². The summed E-state index contributed by atoms with van der Waals surface area (Å²) in [6, 6.07) is 11.2. The third-order valence-electron chi connectivity index (χ3n) is 4.68. The van der Waals surface area contributed by atoms with Crippen LogP contribution in [0.4, 0.5) is 5.69 Å². The van der Waals surface area contributed by atoms with E-state index in [-0.39, 0.29) is 11.3 Å². The van der Waals surface area contributed by atoms with Crippen LogP contribution in [0.25, 0.3) is 0 Å². The Morgan fingerprint density at radius 2 is 2.07 bits per heavy atom. The molecule has 1 aliphatic rings. The quantitative estimate of drug-likeness (QED) is 0.646. The third kappa shape index (κ3) is 2.80. The average molecular weight is 395 g/mol. The molecule has 28 heavy (non-hydrogen) atoms. The number of methoxy groups -OCH3 is 1. The molecule has 6 nitrogen and oxygen atoms in total. The zero-order valence-electron chi connectivity index (χ0n) is 15.2. The zero-order chi connectivity index (χ0) is 19.8. The Kier molecular flexibility index (Phi) is 4.52. The number of aliphatic hydroxyl groups is 1. The Morgan fingerprint density at radius 3 is 2.71 bits per heavy atom.